The zero-order valence-electron chi connectivity index (χ0n) is 12.9. The Morgan fingerprint density at radius 3 is 2.52 bits per heavy atom. The molecule has 1 atom stereocenters. The molecule has 0 fully saturated rings. The van der Waals surface area contributed by atoms with Crippen LogP contribution in [0.5, 0.6) is 0 Å². The van der Waals surface area contributed by atoms with Crippen molar-refractivity contribution in [2.24, 2.45) is 0 Å². The topological polar surface area (TPSA) is 93.5 Å². The molecule has 1 amide bonds. The molecule has 7 heteroatoms. The lowest BCUT2D eigenvalue weighted by molar-refractivity contribution is -0.385. The number of nitro benzene ring substituents is 1. The van der Waals surface area contributed by atoms with Crippen molar-refractivity contribution in [1.29, 1.82) is 0 Å². The second-order valence-electron chi connectivity index (χ2n) is 5.80. The van der Waals surface area contributed by atoms with Crippen molar-refractivity contribution in [3.63, 3.8) is 0 Å². The van der Waals surface area contributed by atoms with Crippen molar-refractivity contribution >= 4 is 11.8 Å². The third-order valence-electron chi connectivity index (χ3n) is 2.72. The molecule has 0 saturated carbocycles. The number of hydrogen-bond acceptors (Lipinski definition) is 5. The number of benzene rings is 1. The Morgan fingerprint density at radius 1 is 1.38 bits per heavy atom. The fraction of sp³-hybridized carbons (Fsp3) is 0.500. The molecule has 0 radical (unpaired) electrons. The van der Waals surface area contributed by atoms with Crippen molar-refractivity contribution in [2.75, 3.05) is 0 Å². The van der Waals surface area contributed by atoms with E-state index < -0.39 is 16.6 Å². The first-order chi connectivity index (χ1) is 9.60. The number of carbonyl (C=O) groups is 1. The minimum atomic E-state index is -0.601. The number of rotatable bonds is 4. The molecule has 116 valence electrons. The van der Waals surface area contributed by atoms with Gasteiger partial charge in [-0.15, -0.1) is 0 Å². The van der Waals surface area contributed by atoms with Gasteiger partial charge in [0, 0.05) is 17.7 Å². The smallest absolute Gasteiger partial charge is 0.422 e. The molecule has 1 aromatic carbocycles. The van der Waals surface area contributed by atoms with E-state index in [0.29, 0.717) is 11.1 Å². The number of hydrogen-bond donors (Lipinski definition) is 2. The first-order valence-electron chi connectivity index (χ1n) is 6.59. The van der Waals surface area contributed by atoms with Crippen LogP contribution in [0.2, 0.25) is 0 Å². The maximum Gasteiger partial charge on any atom is 0.422 e. The number of hydrazine groups is 1. The quantitative estimate of drug-likeness (QED) is 0.658. The van der Waals surface area contributed by atoms with E-state index >= 15 is 0 Å². The summed E-state index contributed by atoms with van der Waals surface area (Å²) in [4.78, 5) is 22.0. The van der Waals surface area contributed by atoms with Crippen LogP contribution in [0, 0.1) is 17.0 Å². The van der Waals surface area contributed by atoms with Gasteiger partial charge in [-0.2, -0.15) is 0 Å². The van der Waals surface area contributed by atoms with Gasteiger partial charge >= 0.3 is 6.09 Å². The minimum Gasteiger partial charge on any atom is -0.443 e. The van der Waals surface area contributed by atoms with Gasteiger partial charge in [-0.05, 0) is 40.2 Å². The second kappa shape index (κ2) is 6.53. The monoisotopic (exact) mass is 295 g/mol. The number of amides is 1. The summed E-state index contributed by atoms with van der Waals surface area (Å²) in [5.41, 5.74) is 5.94. The Kier molecular flexibility index (Phi) is 5.26. The van der Waals surface area contributed by atoms with Crippen LogP contribution >= 0.6 is 0 Å². The van der Waals surface area contributed by atoms with E-state index in [0.717, 1.165) is 0 Å². The molecule has 0 bridgehead atoms. The van der Waals surface area contributed by atoms with Crippen molar-refractivity contribution in [3.05, 3.63) is 39.4 Å². The zero-order valence-corrected chi connectivity index (χ0v) is 12.9. The van der Waals surface area contributed by atoms with E-state index in [1.54, 1.807) is 46.8 Å². The lowest BCUT2D eigenvalue weighted by Crippen LogP contribution is -2.42. The third kappa shape index (κ3) is 5.39. The summed E-state index contributed by atoms with van der Waals surface area (Å²) in [6, 6.07) is 4.65. The molecular weight excluding hydrogens is 274 g/mol. The molecule has 1 aromatic rings. The Balaban J connectivity index is 2.68. The average Bonchev–Trinajstić information content (AvgIpc) is 2.34. The Hall–Kier alpha value is -2.15. The SMILES string of the molecule is Cc1ccc(C(C)NNC(=O)OC(C)(C)C)cc1[N+](=O)[O-]. The molecule has 0 spiro atoms. The molecule has 2 N–H and O–H groups in total. The summed E-state index contributed by atoms with van der Waals surface area (Å²) in [5.74, 6) is 0. The fourth-order valence-electron chi connectivity index (χ4n) is 1.65. The third-order valence-corrected chi connectivity index (χ3v) is 2.72. The molecule has 21 heavy (non-hydrogen) atoms. The highest BCUT2D eigenvalue weighted by atomic mass is 16.6. The van der Waals surface area contributed by atoms with Gasteiger partial charge < -0.3 is 4.74 Å². The predicted molar refractivity (Wildman–Crippen MR) is 78.8 cm³/mol. The highest BCUT2D eigenvalue weighted by Gasteiger charge is 2.18. The minimum absolute atomic E-state index is 0.0541. The van der Waals surface area contributed by atoms with Crippen molar-refractivity contribution in [1.82, 2.24) is 10.9 Å². The summed E-state index contributed by atoms with van der Waals surface area (Å²) in [7, 11) is 0. The first kappa shape index (κ1) is 16.9. The zero-order chi connectivity index (χ0) is 16.2. The number of nitrogens with one attached hydrogen (secondary N) is 2. The predicted octanol–water partition coefficient (Wildman–Crippen LogP) is 2.99. The van der Waals surface area contributed by atoms with Gasteiger partial charge in [-0.25, -0.2) is 10.2 Å². The largest absolute Gasteiger partial charge is 0.443 e. The summed E-state index contributed by atoms with van der Waals surface area (Å²) in [5, 5.41) is 10.9. The number of ether oxygens (including phenoxy) is 1. The molecule has 1 rings (SSSR count). The van der Waals surface area contributed by atoms with E-state index in [1.807, 2.05) is 0 Å². The van der Waals surface area contributed by atoms with E-state index in [2.05, 4.69) is 10.9 Å². The van der Waals surface area contributed by atoms with Crippen LogP contribution in [0.1, 0.15) is 44.9 Å². The van der Waals surface area contributed by atoms with E-state index in [4.69, 9.17) is 4.74 Å². The van der Waals surface area contributed by atoms with Crippen LogP contribution in [0.4, 0.5) is 10.5 Å². The highest BCUT2D eigenvalue weighted by Crippen LogP contribution is 2.22. The number of carbonyl (C=O) groups excluding carboxylic acids is 1. The van der Waals surface area contributed by atoms with E-state index in [9.17, 15) is 14.9 Å². The number of nitro groups is 1. The standard InChI is InChI=1S/C14H21N3O4/c1-9-6-7-11(8-12(9)17(19)20)10(2)15-16-13(18)21-14(3,4)5/h6-8,10,15H,1-5H3,(H,16,18). The molecule has 0 aliphatic rings. The van der Waals surface area contributed by atoms with Gasteiger partial charge in [0.2, 0.25) is 0 Å². The normalized spacial score (nSPS) is 12.6. The van der Waals surface area contributed by atoms with Crippen molar-refractivity contribution in [3.8, 4) is 0 Å². The molecular formula is C14H21N3O4. The highest BCUT2D eigenvalue weighted by molar-refractivity contribution is 5.67. The van der Waals surface area contributed by atoms with E-state index in [1.165, 1.54) is 6.07 Å². The van der Waals surface area contributed by atoms with Crippen molar-refractivity contribution < 1.29 is 14.5 Å². The number of aryl methyl sites for hydroxylation is 1. The Morgan fingerprint density at radius 2 is 2.00 bits per heavy atom. The Bertz CT molecular complexity index is 538. The molecule has 0 aliphatic heterocycles. The molecule has 1 unspecified atom stereocenters. The fourth-order valence-corrected chi connectivity index (χ4v) is 1.65. The molecule has 0 heterocycles. The van der Waals surface area contributed by atoms with Crippen LogP contribution in [-0.4, -0.2) is 16.6 Å². The molecule has 7 nitrogen and oxygen atoms in total. The first-order valence-corrected chi connectivity index (χ1v) is 6.59. The van der Waals surface area contributed by atoms with Gasteiger partial charge in [0.25, 0.3) is 5.69 Å². The van der Waals surface area contributed by atoms with Gasteiger partial charge in [0.1, 0.15) is 5.60 Å². The maximum absolute atomic E-state index is 11.5. The summed E-state index contributed by atoms with van der Waals surface area (Å²) in [6.07, 6.45) is -0.601. The number of nitrogens with zero attached hydrogens (tertiary/aromatic N) is 1. The molecule has 0 saturated heterocycles. The lowest BCUT2D eigenvalue weighted by atomic mass is 10.1. The average molecular weight is 295 g/mol. The summed E-state index contributed by atoms with van der Waals surface area (Å²) >= 11 is 0. The maximum atomic E-state index is 11.5. The lowest BCUT2D eigenvalue weighted by Gasteiger charge is -2.21. The van der Waals surface area contributed by atoms with E-state index in [-0.39, 0.29) is 11.7 Å². The summed E-state index contributed by atoms with van der Waals surface area (Å²) < 4.78 is 5.08. The Labute approximate surface area is 123 Å². The summed E-state index contributed by atoms with van der Waals surface area (Å²) in [6.45, 7) is 8.75. The molecule has 0 aromatic heterocycles. The van der Waals surface area contributed by atoms with Crippen molar-refractivity contribution in [2.45, 2.75) is 46.3 Å². The van der Waals surface area contributed by atoms with Crippen LogP contribution in [0.25, 0.3) is 0 Å². The van der Waals surface area contributed by atoms with Crippen LogP contribution in [0.15, 0.2) is 18.2 Å². The van der Waals surface area contributed by atoms with Gasteiger partial charge in [-0.1, -0.05) is 12.1 Å². The molecule has 0 aliphatic carbocycles. The van der Waals surface area contributed by atoms with Gasteiger partial charge in [-0.3, -0.25) is 15.5 Å². The van der Waals surface area contributed by atoms with Crippen LogP contribution in [-0.2, 0) is 4.74 Å². The second-order valence-corrected chi connectivity index (χ2v) is 5.80. The van der Waals surface area contributed by atoms with Gasteiger partial charge in [0.05, 0.1) is 4.92 Å². The van der Waals surface area contributed by atoms with Crippen LogP contribution < -0.4 is 10.9 Å². The van der Waals surface area contributed by atoms with Crippen LogP contribution in [0.3, 0.4) is 0 Å². The van der Waals surface area contributed by atoms with Gasteiger partial charge in [0.15, 0.2) is 0 Å².